The summed E-state index contributed by atoms with van der Waals surface area (Å²) < 4.78 is 0. The molecule has 0 aliphatic carbocycles. The molecular formula is C87H110N16O5. The molecule has 5 aromatic carbocycles. The molecule has 5 N–H and O–H groups in total. The highest BCUT2D eigenvalue weighted by atomic mass is 16.3. The molecule has 2 atom stereocenters. The number of piperidine rings is 3. The van der Waals surface area contributed by atoms with E-state index >= 15 is 0 Å². The van der Waals surface area contributed by atoms with E-state index in [1.54, 1.807) is 6.92 Å². The highest BCUT2D eigenvalue weighted by Crippen LogP contribution is 2.39. The van der Waals surface area contributed by atoms with E-state index in [-0.39, 0.29) is 24.2 Å². The Bertz CT molecular complexity index is 4270. The van der Waals surface area contributed by atoms with Gasteiger partial charge < -0.3 is 44.3 Å². The largest absolute Gasteiger partial charge is 0.393 e. The molecule has 8 aliphatic rings. The van der Waals surface area contributed by atoms with Crippen LogP contribution in [0.2, 0.25) is 0 Å². The number of H-pyrrole nitrogens is 4. The molecule has 4 fully saturated rings. The van der Waals surface area contributed by atoms with Gasteiger partial charge in [-0.25, -0.2) is 0 Å². The van der Waals surface area contributed by atoms with Crippen LogP contribution < -0.4 is 19.6 Å². The Labute approximate surface area is 636 Å². The highest BCUT2D eigenvalue weighted by Gasteiger charge is 2.34. The molecule has 0 radical (unpaired) electrons. The third-order valence-corrected chi connectivity index (χ3v) is 23.5. The number of nitrogens with one attached hydrogen (secondary N) is 4. The Morgan fingerprint density at radius 2 is 0.713 bits per heavy atom. The summed E-state index contributed by atoms with van der Waals surface area (Å²) in [5.74, 6) is 3.98. The van der Waals surface area contributed by atoms with Gasteiger partial charge in [0.25, 0.3) is 5.91 Å². The number of fused-ring (bicyclic) bond motifs is 4. The van der Waals surface area contributed by atoms with E-state index in [1.807, 2.05) is 104 Å². The standard InChI is InChI=1S/C23H24N4O.C22H30N4O.C21H28N4O2.C21H28N4O/c28-23(18-4-2-1-3-5-18)27-10-8-17(16-27)15-26-11-9-20-12-19(6-7-22(20)26)21-13-24-25-14-21;1-16(2)11-22(27)25-8-5-17(6-9-25)15-26-10-7-19-12-18(3-4-21(19)26)20-13-23-24-14-20;1-15(26)10-21(27)24-7-4-16(5-8-24)14-25-9-6-18-11-17(2-3-20(18)25)19-12-22-23-13-19;1-15(2)21(26)24-8-5-16(6-9-24)14-25-10-7-18-11-17(3-4-20(18)25)19-12-22-23-13-19/h1-7,12-14,17H,8-11,15-16H2,(H,24,25);3-4,12-14,16-17H,5-11,15H2,1-2H3,(H,23,24);2-3,11-13,15-16,26H,4-10,14H2,1H3,(H,22,23);3-4,11-13,15-16H,5-10,14H2,1-2H3,(H,22,23). The molecule has 17 rings (SSSR count). The molecule has 21 heteroatoms. The van der Waals surface area contributed by atoms with Crippen molar-refractivity contribution in [1.82, 2.24) is 60.4 Å². The number of aliphatic hydroxyl groups excluding tert-OH is 1. The molecule has 0 saturated carbocycles. The minimum Gasteiger partial charge on any atom is -0.393 e. The number of aromatic amines is 4. The van der Waals surface area contributed by atoms with Crippen molar-refractivity contribution < 1.29 is 24.3 Å². The summed E-state index contributed by atoms with van der Waals surface area (Å²) >= 11 is 0. The normalized spacial score (nSPS) is 18.1. The number of hydrogen-bond acceptors (Lipinski definition) is 13. The van der Waals surface area contributed by atoms with Gasteiger partial charge in [0.05, 0.1) is 37.3 Å². The van der Waals surface area contributed by atoms with Crippen LogP contribution in [0, 0.1) is 35.5 Å². The molecule has 2 unspecified atom stereocenters. The van der Waals surface area contributed by atoms with Crippen molar-refractivity contribution in [3.8, 4) is 44.5 Å². The maximum absolute atomic E-state index is 12.7. The number of amides is 4. The molecule has 0 spiro atoms. The third kappa shape index (κ3) is 18.4. The lowest BCUT2D eigenvalue weighted by Crippen LogP contribution is -2.43. The van der Waals surface area contributed by atoms with Crippen LogP contribution in [0.5, 0.6) is 0 Å². The van der Waals surface area contributed by atoms with Gasteiger partial charge in [-0.15, -0.1) is 0 Å². The Morgan fingerprint density at radius 1 is 0.389 bits per heavy atom. The molecule has 21 nitrogen and oxygen atoms in total. The van der Waals surface area contributed by atoms with Crippen molar-refractivity contribution in [2.24, 2.45) is 35.5 Å². The lowest BCUT2D eigenvalue weighted by Gasteiger charge is -2.35. The fourth-order valence-electron chi connectivity index (χ4n) is 17.5. The SMILES string of the molecule is CC(C)C(=O)N1CCC(CN2CCc3cc(-c4cn[nH]c4)ccc32)CC1.CC(C)CC(=O)N1CCC(CN2CCc3cc(-c4cn[nH]c4)ccc32)CC1.CC(O)CC(=O)N1CCC(CN2CCc3cc(-c4cn[nH]c4)ccc32)CC1.O=C(c1ccccc1)N1CCC(CN2CCc3cc(-c4cn[nH]c4)ccc32)C1. The lowest BCUT2D eigenvalue weighted by molar-refractivity contribution is -0.136. The van der Waals surface area contributed by atoms with E-state index in [2.05, 4.69) is 157 Å². The van der Waals surface area contributed by atoms with E-state index in [0.717, 1.165) is 203 Å². The van der Waals surface area contributed by atoms with Crippen molar-refractivity contribution in [3.63, 3.8) is 0 Å². The monoisotopic (exact) mass is 1460 g/mol. The Morgan fingerprint density at radius 3 is 1.04 bits per heavy atom. The van der Waals surface area contributed by atoms with Crippen LogP contribution in [-0.2, 0) is 40.1 Å². The fourth-order valence-corrected chi connectivity index (χ4v) is 17.5. The molecule has 568 valence electrons. The average Bonchev–Trinajstić information content (AvgIpc) is 1.67. The molecule has 4 aromatic heterocycles. The number of likely N-dealkylation sites (tertiary alicyclic amines) is 4. The van der Waals surface area contributed by atoms with Gasteiger partial charge in [-0.1, -0.05) is 70.2 Å². The predicted molar refractivity (Wildman–Crippen MR) is 429 cm³/mol. The molecular weight excluding hydrogens is 1350 g/mol. The van der Waals surface area contributed by atoms with Crippen molar-refractivity contribution in [3.05, 3.63) is 181 Å². The zero-order chi connectivity index (χ0) is 74.6. The maximum Gasteiger partial charge on any atom is 0.253 e. The molecule has 12 heterocycles. The van der Waals surface area contributed by atoms with Gasteiger partial charge >= 0.3 is 0 Å². The number of nitrogens with zero attached hydrogens (tertiary/aromatic N) is 12. The van der Waals surface area contributed by atoms with E-state index < -0.39 is 6.10 Å². The lowest BCUT2D eigenvalue weighted by atomic mass is 9.95. The summed E-state index contributed by atoms with van der Waals surface area (Å²) in [7, 11) is 0. The average molecular weight is 1460 g/mol. The van der Waals surface area contributed by atoms with Crippen molar-refractivity contribution in [2.75, 3.05) is 124 Å². The number of anilines is 4. The number of carbonyl (C=O) groups excluding carboxylic acids is 4. The summed E-state index contributed by atoms with van der Waals surface area (Å²) in [5, 5.41) is 37.2. The second-order valence-electron chi connectivity index (χ2n) is 32.1. The van der Waals surface area contributed by atoms with Crippen LogP contribution in [0.25, 0.3) is 44.5 Å². The fraction of sp³-hybridized carbons (Fsp3) is 0.471. The number of hydrogen-bond donors (Lipinski definition) is 5. The van der Waals surface area contributed by atoms with Gasteiger partial charge in [0.2, 0.25) is 17.7 Å². The number of benzene rings is 5. The van der Waals surface area contributed by atoms with Crippen LogP contribution in [0.15, 0.2) is 153 Å². The first kappa shape index (κ1) is 74.8. The first-order chi connectivity index (χ1) is 52.6. The summed E-state index contributed by atoms with van der Waals surface area (Å²) in [6.45, 7) is 25.6. The van der Waals surface area contributed by atoms with Gasteiger partial charge in [-0.3, -0.25) is 39.6 Å². The van der Waals surface area contributed by atoms with Crippen LogP contribution >= 0.6 is 0 Å². The number of rotatable bonds is 18. The third-order valence-electron chi connectivity index (χ3n) is 23.5. The minimum atomic E-state index is -0.553. The van der Waals surface area contributed by atoms with Crippen molar-refractivity contribution in [1.29, 1.82) is 0 Å². The number of aliphatic hydroxyl groups is 1. The van der Waals surface area contributed by atoms with Crippen LogP contribution in [0.1, 0.15) is 125 Å². The highest BCUT2D eigenvalue weighted by molar-refractivity contribution is 5.94. The van der Waals surface area contributed by atoms with Gasteiger partial charge in [-0.05, 0) is 212 Å². The number of carbonyl (C=O) groups is 4. The molecule has 8 aliphatic heterocycles. The first-order valence-electron chi connectivity index (χ1n) is 39.9. The zero-order valence-corrected chi connectivity index (χ0v) is 63.9. The van der Waals surface area contributed by atoms with Gasteiger partial charge in [-0.2, -0.15) is 20.4 Å². The minimum absolute atomic E-state index is 0.0849. The Hall–Kier alpha value is -10.0. The van der Waals surface area contributed by atoms with E-state index in [9.17, 15) is 24.3 Å². The zero-order valence-electron chi connectivity index (χ0n) is 63.9. The summed E-state index contributed by atoms with van der Waals surface area (Å²) in [6.07, 6.45) is 27.7. The summed E-state index contributed by atoms with van der Waals surface area (Å²) in [6, 6.07) is 36.6. The Kier molecular flexibility index (Phi) is 24.2. The topological polar surface area (TPSA) is 229 Å². The smallest absolute Gasteiger partial charge is 0.253 e. The van der Waals surface area contributed by atoms with Gasteiger partial charge in [0.1, 0.15) is 0 Å². The van der Waals surface area contributed by atoms with Crippen molar-refractivity contribution >= 4 is 46.4 Å². The molecule has 108 heavy (non-hydrogen) atoms. The van der Waals surface area contributed by atoms with Gasteiger partial charge in [0.15, 0.2) is 0 Å². The number of aromatic nitrogens is 8. The van der Waals surface area contributed by atoms with E-state index in [4.69, 9.17) is 0 Å². The van der Waals surface area contributed by atoms with Crippen LogP contribution in [0.3, 0.4) is 0 Å². The molecule has 0 bridgehead atoms. The maximum atomic E-state index is 12.7. The predicted octanol–water partition coefficient (Wildman–Crippen LogP) is 13.1. The molecule has 4 amide bonds. The first-order valence-corrected chi connectivity index (χ1v) is 39.9. The van der Waals surface area contributed by atoms with Gasteiger partial charge in [0, 0.05) is 192 Å². The quantitative estimate of drug-likeness (QED) is 0.0539. The second-order valence-corrected chi connectivity index (χ2v) is 32.1. The van der Waals surface area contributed by atoms with E-state index in [1.165, 1.54) is 67.3 Å². The summed E-state index contributed by atoms with van der Waals surface area (Å²) in [4.78, 5) is 67.3. The second kappa shape index (κ2) is 34.9. The van der Waals surface area contributed by atoms with E-state index in [0.29, 0.717) is 47.8 Å². The molecule has 9 aromatic rings. The Balaban J connectivity index is 0.000000121. The molecule has 4 saturated heterocycles. The van der Waals surface area contributed by atoms with Crippen LogP contribution in [-0.4, -0.2) is 200 Å². The summed E-state index contributed by atoms with van der Waals surface area (Å²) in [5.41, 5.74) is 21.4. The van der Waals surface area contributed by atoms with Crippen LogP contribution in [0.4, 0.5) is 22.7 Å². The van der Waals surface area contributed by atoms with Crippen molar-refractivity contribution in [2.45, 2.75) is 124 Å².